The molecule has 1 atom stereocenters. The summed E-state index contributed by atoms with van der Waals surface area (Å²) in [6.07, 6.45) is 3.79. The lowest BCUT2D eigenvalue weighted by Crippen LogP contribution is -2.19. The minimum atomic E-state index is -3.35. The predicted octanol–water partition coefficient (Wildman–Crippen LogP) is 5.83. The molecule has 1 aromatic heterocycles. The van der Waals surface area contributed by atoms with Crippen molar-refractivity contribution in [2.75, 3.05) is 14.1 Å². The molecule has 3 rings (SSSR count). The topological polar surface area (TPSA) is 59.3 Å². The summed E-state index contributed by atoms with van der Waals surface area (Å²) in [5.74, 6) is -2.66. The third-order valence-corrected chi connectivity index (χ3v) is 6.35. The van der Waals surface area contributed by atoms with Crippen molar-refractivity contribution in [3.05, 3.63) is 69.8 Å². The number of aryl methyl sites for hydroxylation is 2. The summed E-state index contributed by atoms with van der Waals surface area (Å²) in [5.41, 5.74) is -1.78. The summed E-state index contributed by atoms with van der Waals surface area (Å²) in [4.78, 5) is 15.9. The Balaban J connectivity index is 1.94. The number of amidine groups is 1. The summed E-state index contributed by atoms with van der Waals surface area (Å²) in [6.45, 7) is 0.945. The first-order valence-electron chi connectivity index (χ1n) is 10.6. The van der Waals surface area contributed by atoms with Gasteiger partial charge in [0.1, 0.15) is 5.84 Å². The van der Waals surface area contributed by atoms with Gasteiger partial charge in [0.2, 0.25) is 0 Å². The zero-order valence-electron chi connectivity index (χ0n) is 19.4. The van der Waals surface area contributed by atoms with E-state index >= 15 is 0 Å². The maximum Gasteiger partial charge on any atom is 0.284 e. The van der Waals surface area contributed by atoms with Gasteiger partial charge < -0.3 is 5.32 Å². The molecule has 0 saturated heterocycles. The molecule has 0 bridgehead atoms. The van der Waals surface area contributed by atoms with E-state index < -0.39 is 22.7 Å². The number of nitrogens with one attached hydrogen (secondary N) is 1. The van der Waals surface area contributed by atoms with Crippen LogP contribution in [-0.2, 0) is 29.3 Å². The van der Waals surface area contributed by atoms with Gasteiger partial charge in [-0.25, -0.2) is 8.78 Å². The molecular formula is C24H25F4N4OPS. The normalized spacial score (nSPS) is 13.4. The van der Waals surface area contributed by atoms with E-state index in [-0.39, 0.29) is 18.5 Å². The highest BCUT2D eigenvalue weighted by Gasteiger charge is 2.32. The van der Waals surface area contributed by atoms with Crippen LogP contribution < -0.4 is 5.32 Å². The third kappa shape index (κ3) is 6.49. The number of nitrogens with zero attached hydrogens (tertiary/aromatic N) is 3. The van der Waals surface area contributed by atoms with Crippen LogP contribution in [0.4, 0.5) is 17.6 Å². The van der Waals surface area contributed by atoms with Crippen molar-refractivity contribution in [1.29, 1.82) is 0 Å². The molecule has 11 heteroatoms. The van der Waals surface area contributed by atoms with Crippen LogP contribution in [0.15, 0.2) is 52.5 Å². The molecule has 0 radical (unpaired) electrons. The van der Waals surface area contributed by atoms with Crippen LogP contribution >= 0.6 is 21.0 Å². The molecule has 1 heterocycles. The van der Waals surface area contributed by atoms with Crippen LogP contribution in [-0.4, -0.2) is 35.3 Å². The van der Waals surface area contributed by atoms with E-state index in [1.807, 2.05) is 24.3 Å². The number of fused-ring (bicyclic) bond motifs is 1. The lowest BCUT2D eigenvalue weighted by Gasteiger charge is -2.19. The fraction of sp³-hybridized carbons (Fsp3) is 0.292. The van der Waals surface area contributed by atoms with Crippen molar-refractivity contribution < 1.29 is 22.4 Å². The summed E-state index contributed by atoms with van der Waals surface area (Å²) in [5, 5.41) is 8.28. The standard InChI is InChI=1S/C24H25F4N4OPS/c1-23(25,26)17-8-7-15(19(12-17)24(27,28)34)9-10-32-13-18-16(5-4-6-20(18)31-32)11-21(35-14-33)22(29-2)30-3/h4-8,11-14H,9-10,34H2,1-3H3,(H,29,30)/b21-11-. The van der Waals surface area contributed by atoms with E-state index in [9.17, 15) is 22.4 Å². The lowest BCUT2D eigenvalue weighted by molar-refractivity contribution is 0.0169. The van der Waals surface area contributed by atoms with Gasteiger partial charge in [0.25, 0.3) is 11.6 Å². The second kappa shape index (κ2) is 10.9. The Labute approximate surface area is 207 Å². The third-order valence-electron chi connectivity index (χ3n) is 5.37. The molecule has 0 aliphatic rings. The average molecular weight is 525 g/mol. The molecule has 0 aliphatic heterocycles. The number of aromatic nitrogens is 2. The predicted molar refractivity (Wildman–Crippen MR) is 138 cm³/mol. The van der Waals surface area contributed by atoms with Gasteiger partial charge in [0.05, 0.1) is 10.4 Å². The zero-order chi connectivity index (χ0) is 25.8. The number of benzene rings is 2. The molecular weight excluding hydrogens is 499 g/mol. The first-order chi connectivity index (χ1) is 16.5. The van der Waals surface area contributed by atoms with Crippen LogP contribution in [0.3, 0.4) is 0 Å². The molecule has 2 aromatic carbocycles. The molecule has 0 amide bonds. The number of aliphatic imine (C=N–C) groups is 1. The Morgan fingerprint density at radius 1 is 1.26 bits per heavy atom. The number of hydrogen-bond acceptors (Lipinski definition) is 4. The Morgan fingerprint density at radius 2 is 2.00 bits per heavy atom. The molecule has 186 valence electrons. The summed E-state index contributed by atoms with van der Waals surface area (Å²) < 4.78 is 57.4. The number of halogens is 4. The molecule has 35 heavy (non-hydrogen) atoms. The number of thioether (sulfide) groups is 1. The smallest absolute Gasteiger partial charge is 0.284 e. The van der Waals surface area contributed by atoms with Gasteiger partial charge in [-0.05, 0) is 35.8 Å². The molecule has 0 aliphatic carbocycles. The first-order valence-corrected chi connectivity index (χ1v) is 12.0. The van der Waals surface area contributed by atoms with Gasteiger partial charge in [-0.3, -0.25) is 14.5 Å². The van der Waals surface area contributed by atoms with Crippen molar-refractivity contribution in [3.63, 3.8) is 0 Å². The number of hydrogen-bond donors (Lipinski definition) is 1. The highest BCUT2D eigenvalue weighted by atomic mass is 32.2. The largest absolute Gasteiger partial charge is 0.373 e. The number of rotatable bonds is 9. The summed E-state index contributed by atoms with van der Waals surface area (Å²) >= 11 is 0.992. The average Bonchev–Trinajstić information content (AvgIpc) is 3.21. The Morgan fingerprint density at radius 3 is 2.60 bits per heavy atom. The van der Waals surface area contributed by atoms with E-state index in [0.29, 0.717) is 23.2 Å². The van der Waals surface area contributed by atoms with E-state index in [4.69, 9.17) is 0 Å². The van der Waals surface area contributed by atoms with Crippen LogP contribution in [0.5, 0.6) is 0 Å². The fourth-order valence-corrected chi connectivity index (χ4v) is 4.54. The van der Waals surface area contributed by atoms with Gasteiger partial charge in [-0.15, -0.1) is 0 Å². The van der Waals surface area contributed by atoms with Crippen LogP contribution in [0.1, 0.15) is 29.2 Å². The van der Waals surface area contributed by atoms with E-state index in [1.165, 1.54) is 21.4 Å². The van der Waals surface area contributed by atoms with Crippen molar-refractivity contribution in [2.45, 2.75) is 31.5 Å². The van der Waals surface area contributed by atoms with Gasteiger partial charge in [-0.2, -0.15) is 13.9 Å². The Bertz CT molecular complexity index is 1280. The second-order valence-corrected chi connectivity index (χ2v) is 9.44. The molecule has 3 aromatic rings. The number of likely N-dealkylation sites (N-methyl/N-ethyl adjacent to an activating group) is 1. The van der Waals surface area contributed by atoms with Crippen LogP contribution in [0.2, 0.25) is 0 Å². The molecule has 5 nitrogen and oxygen atoms in total. The Kier molecular flexibility index (Phi) is 8.38. The minimum absolute atomic E-state index is 0.173. The van der Waals surface area contributed by atoms with Gasteiger partial charge in [0, 0.05) is 50.3 Å². The summed E-state index contributed by atoms with van der Waals surface area (Å²) in [7, 11) is 4.75. The van der Waals surface area contributed by atoms with E-state index in [1.54, 1.807) is 25.0 Å². The highest BCUT2D eigenvalue weighted by molar-refractivity contribution is 8.16. The zero-order valence-corrected chi connectivity index (χ0v) is 21.3. The quantitative estimate of drug-likeness (QED) is 0.126. The SMILES string of the molecule is CN=C(NC)/C(=C/c1cccc2nn(CCc3ccc(C(C)(F)F)cc3C(F)(F)P)cc12)SC=O. The minimum Gasteiger partial charge on any atom is -0.373 e. The number of carbonyl (C=O) groups excluding carboxylic acids is 1. The van der Waals surface area contributed by atoms with Crippen molar-refractivity contribution in [1.82, 2.24) is 15.1 Å². The maximum atomic E-state index is 14.2. The summed E-state index contributed by atoms with van der Waals surface area (Å²) in [6, 6.07) is 8.89. The number of carbonyl (C=O) groups is 1. The molecule has 1 N–H and O–H groups in total. The maximum absolute atomic E-state index is 14.2. The van der Waals surface area contributed by atoms with Crippen molar-refractivity contribution in [3.8, 4) is 0 Å². The van der Waals surface area contributed by atoms with Gasteiger partial charge in [0.15, 0.2) is 5.62 Å². The van der Waals surface area contributed by atoms with Crippen LogP contribution in [0.25, 0.3) is 17.0 Å². The highest BCUT2D eigenvalue weighted by Crippen LogP contribution is 2.40. The van der Waals surface area contributed by atoms with Gasteiger partial charge >= 0.3 is 0 Å². The first kappa shape index (κ1) is 26.9. The molecule has 0 spiro atoms. The fourth-order valence-electron chi connectivity index (χ4n) is 3.66. The van der Waals surface area contributed by atoms with Gasteiger partial charge in [-0.1, -0.05) is 45.3 Å². The monoisotopic (exact) mass is 524 g/mol. The number of alkyl halides is 4. The molecule has 0 fully saturated rings. The lowest BCUT2D eigenvalue weighted by atomic mass is 9.99. The molecule has 1 unspecified atom stereocenters. The Hall–Kier alpha value is -2.71. The molecule has 0 saturated carbocycles. The van der Waals surface area contributed by atoms with Crippen molar-refractivity contribution in [2.24, 2.45) is 4.99 Å². The van der Waals surface area contributed by atoms with Crippen molar-refractivity contribution >= 4 is 49.4 Å². The van der Waals surface area contributed by atoms with E-state index in [0.717, 1.165) is 34.4 Å². The van der Waals surface area contributed by atoms with Crippen LogP contribution in [0, 0.1) is 0 Å². The second-order valence-electron chi connectivity index (χ2n) is 7.85. The van der Waals surface area contributed by atoms with E-state index in [2.05, 4.69) is 15.4 Å².